The van der Waals surface area contributed by atoms with Crippen LogP contribution in [-0.2, 0) is 0 Å². The van der Waals surface area contributed by atoms with Gasteiger partial charge in [-0.3, -0.25) is 0 Å². The van der Waals surface area contributed by atoms with Gasteiger partial charge in [-0.15, -0.1) is 0 Å². The highest BCUT2D eigenvalue weighted by Gasteiger charge is 2.16. The standard InChI is InChI=1S/C20H42N2/c1-17(2)9-11-20(12-10-18(3)4)21-13-7-15-22-14-6-8-19(5)16-22/h17-21H,6-16H2,1-5H3. The summed E-state index contributed by atoms with van der Waals surface area (Å²) in [6, 6.07) is 0.741. The summed E-state index contributed by atoms with van der Waals surface area (Å²) in [5.41, 5.74) is 0. The Bertz CT molecular complexity index is 250. The first kappa shape index (κ1) is 20.0. The van der Waals surface area contributed by atoms with Gasteiger partial charge in [-0.1, -0.05) is 34.6 Å². The fraction of sp³-hybridized carbons (Fsp3) is 1.00. The minimum Gasteiger partial charge on any atom is -0.314 e. The van der Waals surface area contributed by atoms with Gasteiger partial charge in [0.2, 0.25) is 0 Å². The molecule has 0 aliphatic carbocycles. The molecule has 0 amide bonds. The van der Waals surface area contributed by atoms with Crippen LogP contribution in [0.4, 0.5) is 0 Å². The zero-order valence-corrected chi connectivity index (χ0v) is 16.0. The molecule has 1 heterocycles. The van der Waals surface area contributed by atoms with Crippen molar-refractivity contribution in [1.82, 2.24) is 10.2 Å². The summed E-state index contributed by atoms with van der Waals surface area (Å²) in [6.07, 6.45) is 9.57. The number of likely N-dealkylation sites (tertiary alicyclic amines) is 1. The van der Waals surface area contributed by atoms with Crippen LogP contribution < -0.4 is 5.32 Å². The molecule has 0 aromatic carbocycles. The minimum absolute atomic E-state index is 0.741. The Hall–Kier alpha value is -0.0800. The quantitative estimate of drug-likeness (QED) is 0.544. The van der Waals surface area contributed by atoms with Gasteiger partial charge in [0.15, 0.2) is 0 Å². The first-order chi connectivity index (χ1) is 10.5. The molecule has 1 atom stereocenters. The Morgan fingerprint density at radius 3 is 2.18 bits per heavy atom. The van der Waals surface area contributed by atoms with Crippen LogP contribution in [0.25, 0.3) is 0 Å². The van der Waals surface area contributed by atoms with Crippen molar-refractivity contribution in [2.24, 2.45) is 17.8 Å². The summed E-state index contributed by atoms with van der Waals surface area (Å²) < 4.78 is 0. The molecule has 1 saturated heterocycles. The molecule has 132 valence electrons. The molecule has 1 N–H and O–H groups in total. The van der Waals surface area contributed by atoms with E-state index in [0.717, 1.165) is 23.8 Å². The van der Waals surface area contributed by atoms with E-state index in [1.165, 1.54) is 71.1 Å². The topological polar surface area (TPSA) is 15.3 Å². The van der Waals surface area contributed by atoms with E-state index >= 15 is 0 Å². The van der Waals surface area contributed by atoms with E-state index in [2.05, 4.69) is 44.8 Å². The maximum absolute atomic E-state index is 3.85. The zero-order valence-electron chi connectivity index (χ0n) is 16.0. The van der Waals surface area contributed by atoms with Gasteiger partial charge in [0.1, 0.15) is 0 Å². The molecule has 2 heteroatoms. The van der Waals surface area contributed by atoms with Crippen molar-refractivity contribution in [3.63, 3.8) is 0 Å². The maximum Gasteiger partial charge on any atom is 0.00672 e. The van der Waals surface area contributed by atoms with Crippen molar-refractivity contribution in [3.8, 4) is 0 Å². The third-order valence-electron chi connectivity index (χ3n) is 5.01. The van der Waals surface area contributed by atoms with Crippen LogP contribution in [0.15, 0.2) is 0 Å². The number of nitrogens with zero attached hydrogens (tertiary/aromatic N) is 1. The van der Waals surface area contributed by atoms with Crippen LogP contribution in [0.3, 0.4) is 0 Å². The maximum atomic E-state index is 3.85. The van der Waals surface area contributed by atoms with E-state index in [4.69, 9.17) is 0 Å². The van der Waals surface area contributed by atoms with Gasteiger partial charge >= 0.3 is 0 Å². The molecule has 0 aromatic heterocycles. The van der Waals surface area contributed by atoms with Crippen LogP contribution in [0.5, 0.6) is 0 Å². The number of hydrogen-bond acceptors (Lipinski definition) is 2. The lowest BCUT2D eigenvalue weighted by atomic mass is 9.96. The Morgan fingerprint density at radius 2 is 1.64 bits per heavy atom. The van der Waals surface area contributed by atoms with E-state index in [1.54, 1.807) is 0 Å². The second-order valence-corrected chi connectivity index (χ2v) is 8.50. The van der Waals surface area contributed by atoms with Crippen LogP contribution in [0.2, 0.25) is 0 Å². The average Bonchev–Trinajstić information content (AvgIpc) is 2.45. The Balaban J connectivity index is 2.17. The smallest absolute Gasteiger partial charge is 0.00672 e. The van der Waals surface area contributed by atoms with E-state index in [9.17, 15) is 0 Å². The van der Waals surface area contributed by atoms with Gasteiger partial charge in [-0.25, -0.2) is 0 Å². The fourth-order valence-electron chi connectivity index (χ4n) is 3.52. The predicted molar refractivity (Wildman–Crippen MR) is 99.4 cm³/mol. The zero-order chi connectivity index (χ0) is 16.4. The first-order valence-corrected chi connectivity index (χ1v) is 9.93. The van der Waals surface area contributed by atoms with E-state index in [1.807, 2.05) is 0 Å². The lowest BCUT2D eigenvalue weighted by Crippen LogP contribution is -2.37. The van der Waals surface area contributed by atoms with Gasteiger partial charge in [-0.05, 0) is 82.3 Å². The number of nitrogens with one attached hydrogen (secondary N) is 1. The summed E-state index contributed by atoms with van der Waals surface area (Å²) in [5, 5.41) is 3.85. The molecule has 1 fully saturated rings. The molecule has 22 heavy (non-hydrogen) atoms. The summed E-state index contributed by atoms with van der Waals surface area (Å²) in [6.45, 7) is 16.9. The van der Waals surface area contributed by atoms with Gasteiger partial charge in [0, 0.05) is 12.6 Å². The second-order valence-electron chi connectivity index (χ2n) is 8.50. The highest BCUT2D eigenvalue weighted by Crippen LogP contribution is 2.16. The normalized spacial score (nSPS) is 20.5. The Morgan fingerprint density at radius 1 is 1.00 bits per heavy atom. The van der Waals surface area contributed by atoms with E-state index < -0.39 is 0 Å². The highest BCUT2D eigenvalue weighted by atomic mass is 15.1. The highest BCUT2D eigenvalue weighted by molar-refractivity contribution is 4.72. The molecule has 1 aliphatic rings. The average molecular weight is 311 g/mol. The molecule has 0 bridgehead atoms. The van der Waals surface area contributed by atoms with Crippen molar-refractivity contribution < 1.29 is 0 Å². The van der Waals surface area contributed by atoms with Crippen molar-refractivity contribution in [1.29, 1.82) is 0 Å². The molecular weight excluding hydrogens is 268 g/mol. The van der Waals surface area contributed by atoms with Gasteiger partial charge < -0.3 is 10.2 Å². The molecule has 1 rings (SSSR count). The van der Waals surface area contributed by atoms with Crippen molar-refractivity contribution in [3.05, 3.63) is 0 Å². The van der Waals surface area contributed by atoms with Gasteiger partial charge in [0.05, 0.1) is 0 Å². The predicted octanol–water partition coefficient (Wildman–Crippen LogP) is 4.94. The molecule has 0 saturated carbocycles. The van der Waals surface area contributed by atoms with Crippen molar-refractivity contribution in [2.45, 2.75) is 85.6 Å². The summed E-state index contributed by atoms with van der Waals surface area (Å²) in [5.74, 6) is 2.57. The summed E-state index contributed by atoms with van der Waals surface area (Å²) in [4.78, 5) is 2.67. The summed E-state index contributed by atoms with van der Waals surface area (Å²) >= 11 is 0. The van der Waals surface area contributed by atoms with Crippen molar-refractivity contribution in [2.75, 3.05) is 26.2 Å². The Labute approximate surface area is 140 Å². The minimum atomic E-state index is 0.741. The van der Waals surface area contributed by atoms with E-state index in [-0.39, 0.29) is 0 Å². The van der Waals surface area contributed by atoms with Gasteiger partial charge in [0.25, 0.3) is 0 Å². The number of rotatable bonds is 11. The van der Waals surface area contributed by atoms with Crippen LogP contribution in [0, 0.1) is 17.8 Å². The number of piperidine rings is 1. The summed E-state index contributed by atoms with van der Waals surface area (Å²) in [7, 11) is 0. The lowest BCUT2D eigenvalue weighted by Gasteiger charge is -2.31. The third kappa shape index (κ3) is 9.84. The van der Waals surface area contributed by atoms with Crippen LogP contribution in [-0.4, -0.2) is 37.1 Å². The largest absolute Gasteiger partial charge is 0.314 e. The fourth-order valence-corrected chi connectivity index (χ4v) is 3.52. The van der Waals surface area contributed by atoms with Gasteiger partial charge in [-0.2, -0.15) is 0 Å². The van der Waals surface area contributed by atoms with Crippen LogP contribution >= 0.6 is 0 Å². The molecule has 0 spiro atoms. The molecule has 1 unspecified atom stereocenters. The molecular formula is C20H42N2. The van der Waals surface area contributed by atoms with Crippen molar-refractivity contribution >= 4 is 0 Å². The second kappa shape index (κ2) is 11.5. The molecule has 1 aliphatic heterocycles. The lowest BCUT2D eigenvalue weighted by molar-refractivity contribution is 0.181. The number of hydrogen-bond donors (Lipinski definition) is 1. The molecule has 2 nitrogen and oxygen atoms in total. The molecule has 0 radical (unpaired) electrons. The van der Waals surface area contributed by atoms with Crippen LogP contribution in [0.1, 0.15) is 79.6 Å². The third-order valence-corrected chi connectivity index (χ3v) is 5.01. The molecule has 0 aromatic rings. The monoisotopic (exact) mass is 310 g/mol. The SMILES string of the molecule is CC(C)CCC(CCC(C)C)NCCCN1CCCC(C)C1. The van der Waals surface area contributed by atoms with E-state index in [0.29, 0.717) is 0 Å². The Kier molecular flexibility index (Phi) is 10.4. The first-order valence-electron chi connectivity index (χ1n) is 9.93.